The largest absolute Gasteiger partial charge is 0.457 e. The molecule has 0 saturated carbocycles. The predicted octanol–water partition coefficient (Wildman–Crippen LogP) is 2.89. The van der Waals surface area contributed by atoms with Gasteiger partial charge >= 0.3 is 11.7 Å². The van der Waals surface area contributed by atoms with Crippen LogP contribution in [-0.2, 0) is 16.0 Å². The van der Waals surface area contributed by atoms with Crippen molar-refractivity contribution in [2.45, 2.75) is 26.7 Å². The highest BCUT2D eigenvalue weighted by atomic mass is 16.5. The van der Waals surface area contributed by atoms with Gasteiger partial charge in [-0.1, -0.05) is 43.3 Å². The third kappa shape index (κ3) is 4.53. The van der Waals surface area contributed by atoms with E-state index in [0.29, 0.717) is 0 Å². The molecule has 0 aliphatic carbocycles. The summed E-state index contributed by atoms with van der Waals surface area (Å²) in [5.74, 6) is -0.584. The average molecular weight is 258 g/mol. The molecule has 0 saturated heterocycles. The van der Waals surface area contributed by atoms with Gasteiger partial charge in [-0.05, 0) is 24.5 Å². The van der Waals surface area contributed by atoms with Crippen LogP contribution in [0, 0.1) is 0 Å². The molecule has 0 radical (unpaired) electrons. The van der Waals surface area contributed by atoms with Crippen molar-refractivity contribution in [1.29, 1.82) is 0 Å². The number of nitrogens with zero attached hydrogens (tertiary/aromatic N) is 2. The lowest BCUT2D eigenvalue weighted by Crippen LogP contribution is -2.21. The first kappa shape index (κ1) is 14.9. The Morgan fingerprint density at radius 3 is 2.74 bits per heavy atom. The summed E-state index contributed by atoms with van der Waals surface area (Å²) in [5.41, 5.74) is 10.9. The highest BCUT2D eigenvalue weighted by Gasteiger charge is 2.22. The van der Waals surface area contributed by atoms with Gasteiger partial charge in [0, 0.05) is 0 Å². The summed E-state index contributed by atoms with van der Waals surface area (Å²) in [5, 5.41) is 0. The van der Waals surface area contributed by atoms with Gasteiger partial charge in [0.1, 0.15) is 0 Å². The minimum Gasteiger partial charge on any atom is -0.457 e. The zero-order valence-electron chi connectivity index (χ0n) is 11.3. The van der Waals surface area contributed by atoms with E-state index in [1.165, 1.54) is 0 Å². The molecule has 0 aliphatic rings. The molecular weight excluding hydrogens is 240 g/mol. The first-order valence-corrected chi connectivity index (χ1v) is 6.35. The third-order valence-electron chi connectivity index (χ3n) is 2.58. The molecule has 0 N–H and O–H groups in total. The summed E-state index contributed by atoms with van der Waals surface area (Å²) in [7, 11) is 0. The molecule has 0 fully saturated rings. The van der Waals surface area contributed by atoms with Crippen molar-refractivity contribution in [3.8, 4) is 0 Å². The zero-order valence-corrected chi connectivity index (χ0v) is 11.3. The van der Waals surface area contributed by atoms with Crippen LogP contribution in [0.4, 0.5) is 0 Å². The Labute approximate surface area is 113 Å². The molecule has 0 heterocycles. The van der Waals surface area contributed by atoms with Gasteiger partial charge in [-0.2, -0.15) is 4.79 Å². The Kier molecular flexibility index (Phi) is 6.27. The van der Waals surface area contributed by atoms with Crippen molar-refractivity contribution in [3.63, 3.8) is 0 Å². The van der Waals surface area contributed by atoms with Gasteiger partial charge < -0.3 is 10.3 Å². The molecule has 0 aromatic heterocycles. The number of carbonyl (C=O) groups is 1. The van der Waals surface area contributed by atoms with E-state index in [0.717, 1.165) is 17.5 Å². The summed E-state index contributed by atoms with van der Waals surface area (Å²) >= 11 is 0. The van der Waals surface area contributed by atoms with Gasteiger partial charge in [0.05, 0.1) is 13.0 Å². The number of allylic oxidation sites excluding steroid dienone is 1. The molecule has 0 aliphatic heterocycles. The fraction of sp³-hybridized carbons (Fsp3) is 0.333. The van der Waals surface area contributed by atoms with Crippen molar-refractivity contribution < 1.29 is 14.3 Å². The molecule has 1 rings (SSSR count). The van der Waals surface area contributed by atoms with Gasteiger partial charge in [0.15, 0.2) is 0 Å². The standard InChI is InChI=1S/C15H18N2O2/c1-3-5-8-12-9-6-7-10-13(12)11-14(17-16)15(18)19-4-2/h5-10H,3-4,11H2,1-2H3/b8-5-. The van der Waals surface area contributed by atoms with E-state index in [-0.39, 0.29) is 18.7 Å². The van der Waals surface area contributed by atoms with E-state index in [9.17, 15) is 4.79 Å². The van der Waals surface area contributed by atoms with Crippen LogP contribution in [0.25, 0.3) is 11.6 Å². The molecule has 100 valence electrons. The second-order valence-corrected chi connectivity index (χ2v) is 3.95. The van der Waals surface area contributed by atoms with Crippen molar-refractivity contribution in [3.05, 3.63) is 47.0 Å². The normalized spacial score (nSPS) is 10.2. The summed E-state index contributed by atoms with van der Waals surface area (Å²) in [6.07, 6.45) is 5.22. The van der Waals surface area contributed by atoms with Gasteiger partial charge in [0.25, 0.3) is 0 Å². The van der Waals surface area contributed by atoms with Gasteiger partial charge in [-0.3, -0.25) is 0 Å². The Morgan fingerprint density at radius 2 is 2.11 bits per heavy atom. The smallest absolute Gasteiger partial charge is 0.417 e. The van der Waals surface area contributed by atoms with Crippen molar-refractivity contribution in [2.75, 3.05) is 6.61 Å². The molecule has 1 aromatic carbocycles. The summed E-state index contributed by atoms with van der Waals surface area (Å²) in [6, 6.07) is 7.68. The zero-order chi connectivity index (χ0) is 14.1. The topological polar surface area (TPSA) is 62.7 Å². The Hall–Kier alpha value is -2.19. The highest BCUT2D eigenvalue weighted by Crippen LogP contribution is 2.12. The molecule has 1 aromatic rings. The second kappa shape index (κ2) is 8.01. The maximum Gasteiger partial charge on any atom is 0.417 e. The molecular formula is C15H18N2O2. The fourth-order valence-corrected chi connectivity index (χ4v) is 1.65. The second-order valence-electron chi connectivity index (χ2n) is 3.95. The van der Waals surface area contributed by atoms with E-state index in [1.54, 1.807) is 6.92 Å². The number of benzene rings is 1. The van der Waals surface area contributed by atoms with Crippen LogP contribution in [0.5, 0.6) is 0 Å². The van der Waals surface area contributed by atoms with Crippen LogP contribution in [0.2, 0.25) is 0 Å². The van der Waals surface area contributed by atoms with Gasteiger partial charge in [0.2, 0.25) is 0 Å². The van der Waals surface area contributed by atoms with Gasteiger partial charge in [-0.25, -0.2) is 4.79 Å². The van der Waals surface area contributed by atoms with Crippen LogP contribution in [0.3, 0.4) is 0 Å². The number of ether oxygens (including phenoxy) is 1. The van der Waals surface area contributed by atoms with E-state index in [4.69, 9.17) is 10.3 Å². The Bertz CT molecular complexity index is 515. The van der Waals surface area contributed by atoms with Gasteiger partial charge in [-0.15, -0.1) is 0 Å². The maximum absolute atomic E-state index is 11.6. The Balaban J connectivity index is 2.95. The predicted molar refractivity (Wildman–Crippen MR) is 74.7 cm³/mol. The first-order chi connectivity index (χ1) is 9.22. The van der Waals surface area contributed by atoms with Crippen LogP contribution < -0.4 is 0 Å². The quantitative estimate of drug-likeness (QED) is 0.341. The summed E-state index contributed by atoms with van der Waals surface area (Å²) < 4.78 is 4.84. The molecule has 4 nitrogen and oxygen atoms in total. The number of carbonyl (C=O) groups excluding carboxylic acids is 1. The monoisotopic (exact) mass is 258 g/mol. The number of esters is 1. The van der Waals surface area contributed by atoms with E-state index < -0.39 is 5.97 Å². The lowest BCUT2D eigenvalue weighted by molar-refractivity contribution is -0.140. The van der Waals surface area contributed by atoms with Crippen LogP contribution in [-0.4, -0.2) is 23.1 Å². The van der Waals surface area contributed by atoms with Crippen LogP contribution in [0.15, 0.2) is 30.3 Å². The minimum atomic E-state index is -0.584. The minimum absolute atomic E-state index is 0.0131. The average Bonchev–Trinajstić information content (AvgIpc) is 2.43. The van der Waals surface area contributed by atoms with Crippen LogP contribution in [0.1, 0.15) is 31.4 Å². The number of rotatable bonds is 6. The summed E-state index contributed by atoms with van der Waals surface area (Å²) in [6.45, 7) is 4.03. The molecule has 0 amide bonds. The first-order valence-electron chi connectivity index (χ1n) is 6.35. The lowest BCUT2D eigenvalue weighted by atomic mass is 10.0. The molecule has 19 heavy (non-hydrogen) atoms. The maximum atomic E-state index is 11.6. The third-order valence-corrected chi connectivity index (χ3v) is 2.58. The van der Waals surface area contributed by atoms with E-state index in [1.807, 2.05) is 36.4 Å². The molecule has 4 heteroatoms. The number of hydrogen-bond acceptors (Lipinski definition) is 2. The fourth-order valence-electron chi connectivity index (χ4n) is 1.65. The van der Waals surface area contributed by atoms with E-state index >= 15 is 0 Å². The summed E-state index contributed by atoms with van der Waals surface area (Å²) in [4.78, 5) is 14.6. The van der Waals surface area contributed by atoms with Crippen molar-refractivity contribution in [2.24, 2.45) is 0 Å². The van der Waals surface area contributed by atoms with E-state index in [2.05, 4.69) is 11.7 Å². The van der Waals surface area contributed by atoms with Crippen molar-refractivity contribution in [1.82, 2.24) is 0 Å². The lowest BCUT2D eigenvalue weighted by Gasteiger charge is -2.03. The Morgan fingerprint density at radius 1 is 1.37 bits per heavy atom. The number of hydrogen-bond donors (Lipinski definition) is 0. The SMILES string of the molecule is CC/C=C\c1ccccc1CC(=[N+]=[N-])C(=O)OCC. The molecule has 0 bridgehead atoms. The van der Waals surface area contributed by atoms with Crippen molar-refractivity contribution >= 4 is 17.8 Å². The molecule has 0 unspecified atom stereocenters. The van der Waals surface area contributed by atoms with Crippen LogP contribution >= 0.6 is 0 Å². The molecule has 0 atom stereocenters. The molecule has 0 spiro atoms. The highest BCUT2D eigenvalue weighted by molar-refractivity contribution is 6.34.